The zero-order valence-corrected chi connectivity index (χ0v) is 14.0. The number of ketones is 2. The van der Waals surface area contributed by atoms with Gasteiger partial charge in [-0.2, -0.15) is 0 Å². The quantitative estimate of drug-likeness (QED) is 0.645. The van der Waals surface area contributed by atoms with Gasteiger partial charge in [-0.25, -0.2) is 0 Å². The van der Waals surface area contributed by atoms with Crippen molar-refractivity contribution in [2.45, 2.75) is 77.0 Å². The maximum absolute atomic E-state index is 12.9. The van der Waals surface area contributed by atoms with E-state index in [1.54, 1.807) is 0 Å². The molecule has 0 spiro atoms. The van der Waals surface area contributed by atoms with E-state index in [0.29, 0.717) is 18.6 Å². The Morgan fingerprint density at radius 1 is 1.00 bits per heavy atom. The van der Waals surface area contributed by atoms with Crippen molar-refractivity contribution >= 4 is 11.6 Å². The third-order valence-electron chi connectivity index (χ3n) is 5.08. The Hall–Kier alpha value is -1.44. The van der Waals surface area contributed by atoms with Crippen LogP contribution in [-0.2, 0) is 10.2 Å². The fourth-order valence-corrected chi connectivity index (χ4v) is 3.64. The van der Waals surface area contributed by atoms with Gasteiger partial charge in [-0.05, 0) is 24.8 Å². The fourth-order valence-electron chi connectivity index (χ4n) is 3.64. The number of hydrogen-bond acceptors (Lipinski definition) is 2. The van der Waals surface area contributed by atoms with Crippen LogP contribution in [0.1, 0.15) is 87.6 Å². The van der Waals surface area contributed by atoms with E-state index < -0.39 is 0 Å². The lowest BCUT2D eigenvalue weighted by Gasteiger charge is -2.36. The molecule has 0 heterocycles. The van der Waals surface area contributed by atoms with Crippen molar-refractivity contribution in [2.75, 3.05) is 0 Å². The minimum absolute atomic E-state index is 0.168. The smallest absolute Gasteiger partial charge is 0.162 e. The molecule has 0 aromatic heterocycles. The number of rotatable bonds is 7. The molecule has 0 unspecified atom stereocenters. The Bertz CT molecular complexity index is 507. The molecule has 1 aromatic carbocycles. The van der Waals surface area contributed by atoms with Crippen LogP contribution < -0.4 is 0 Å². The molecular weight excluding hydrogens is 272 g/mol. The molecule has 1 aliphatic rings. The summed E-state index contributed by atoms with van der Waals surface area (Å²) in [5, 5.41) is 0. The third kappa shape index (κ3) is 3.48. The molecule has 2 heteroatoms. The standard InChI is InChI=1S/C20H28O2/c1-3-5-9-19(22)20(14-7-6-8-15-20)17-12-10-16(11-13-17)18(21)4-2/h10-13H,3-9,14-15H2,1-2H3. The summed E-state index contributed by atoms with van der Waals surface area (Å²) in [6.45, 7) is 4.01. The van der Waals surface area contributed by atoms with E-state index in [1.165, 1.54) is 6.42 Å². The molecule has 120 valence electrons. The molecule has 22 heavy (non-hydrogen) atoms. The number of carbonyl (C=O) groups excluding carboxylic acids is 2. The third-order valence-corrected chi connectivity index (χ3v) is 5.08. The van der Waals surface area contributed by atoms with Crippen molar-refractivity contribution in [3.8, 4) is 0 Å². The number of Topliss-reactive ketones (excluding diaryl/α,β-unsaturated/α-hetero) is 2. The monoisotopic (exact) mass is 300 g/mol. The average molecular weight is 300 g/mol. The molecule has 0 aliphatic heterocycles. The van der Waals surface area contributed by atoms with Gasteiger partial charge in [0.2, 0.25) is 0 Å². The summed E-state index contributed by atoms with van der Waals surface area (Å²) in [6, 6.07) is 7.87. The largest absolute Gasteiger partial charge is 0.299 e. The topological polar surface area (TPSA) is 34.1 Å². The molecule has 0 atom stereocenters. The highest BCUT2D eigenvalue weighted by atomic mass is 16.1. The average Bonchev–Trinajstić information content (AvgIpc) is 2.59. The van der Waals surface area contributed by atoms with Crippen LogP contribution in [-0.4, -0.2) is 11.6 Å². The molecular formula is C20H28O2. The molecule has 0 amide bonds. The lowest BCUT2D eigenvalue weighted by atomic mass is 9.66. The molecule has 1 fully saturated rings. The molecule has 1 saturated carbocycles. The van der Waals surface area contributed by atoms with Gasteiger partial charge in [0.15, 0.2) is 5.78 Å². The van der Waals surface area contributed by atoms with Crippen LogP contribution in [0, 0.1) is 0 Å². The van der Waals surface area contributed by atoms with E-state index in [-0.39, 0.29) is 11.2 Å². The zero-order valence-electron chi connectivity index (χ0n) is 14.0. The first-order chi connectivity index (χ1) is 10.6. The normalized spacial score (nSPS) is 17.2. The summed E-state index contributed by atoms with van der Waals surface area (Å²) in [6.07, 6.45) is 8.69. The van der Waals surface area contributed by atoms with Gasteiger partial charge in [-0.15, -0.1) is 0 Å². The van der Waals surface area contributed by atoms with Gasteiger partial charge in [-0.3, -0.25) is 9.59 Å². The Labute approximate surface area is 134 Å². The van der Waals surface area contributed by atoms with Crippen LogP contribution >= 0.6 is 0 Å². The molecule has 0 N–H and O–H groups in total. The summed E-state index contributed by atoms with van der Waals surface area (Å²) < 4.78 is 0. The van der Waals surface area contributed by atoms with Gasteiger partial charge in [0.1, 0.15) is 5.78 Å². The van der Waals surface area contributed by atoms with Gasteiger partial charge in [0.05, 0.1) is 5.41 Å². The molecule has 1 aliphatic carbocycles. The van der Waals surface area contributed by atoms with Crippen molar-refractivity contribution in [1.29, 1.82) is 0 Å². The second-order valence-corrected chi connectivity index (χ2v) is 6.52. The van der Waals surface area contributed by atoms with Gasteiger partial charge in [0.25, 0.3) is 0 Å². The van der Waals surface area contributed by atoms with Crippen LogP contribution in [0.4, 0.5) is 0 Å². The van der Waals surface area contributed by atoms with Gasteiger partial charge < -0.3 is 0 Å². The molecule has 0 radical (unpaired) electrons. The van der Waals surface area contributed by atoms with E-state index in [4.69, 9.17) is 0 Å². The van der Waals surface area contributed by atoms with E-state index in [9.17, 15) is 9.59 Å². The Morgan fingerprint density at radius 3 is 2.18 bits per heavy atom. The van der Waals surface area contributed by atoms with Crippen LogP contribution in [0.15, 0.2) is 24.3 Å². The van der Waals surface area contributed by atoms with Crippen molar-refractivity contribution in [3.05, 3.63) is 35.4 Å². The lowest BCUT2D eigenvalue weighted by molar-refractivity contribution is -0.126. The maximum Gasteiger partial charge on any atom is 0.162 e. The summed E-state index contributed by atoms with van der Waals surface area (Å²) in [7, 11) is 0. The lowest BCUT2D eigenvalue weighted by Crippen LogP contribution is -2.38. The molecule has 0 bridgehead atoms. The summed E-state index contributed by atoms with van der Waals surface area (Å²) in [5.41, 5.74) is 1.60. The minimum atomic E-state index is -0.290. The summed E-state index contributed by atoms with van der Waals surface area (Å²) in [5.74, 6) is 0.574. The first kappa shape index (κ1) is 16.9. The molecule has 2 nitrogen and oxygen atoms in total. The van der Waals surface area contributed by atoms with Gasteiger partial charge in [-0.1, -0.05) is 63.8 Å². The minimum Gasteiger partial charge on any atom is -0.299 e. The van der Waals surface area contributed by atoms with Crippen LogP contribution in [0.25, 0.3) is 0 Å². The van der Waals surface area contributed by atoms with E-state index in [2.05, 4.69) is 6.92 Å². The van der Waals surface area contributed by atoms with E-state index in [1.807, 2.05) is 31.2 Å². The Balaban J connectivity index is 2.28. The van der Waals surface area contributed by atoms with Gasteiger partial charge >= 0.3 is 0 Å². The zero-order chi connectivity index (χ0) is 16.0. The van der Waals surface area contributed by atoms with Crippen LogP contribution in [0.2, 0.25) is 0 Å². The summed E-state index contributed by atoms with van der Waals surface area (Å²) >= 11 is 0. The second kappa shape index (κ2) is 7.71. The molecule has 0 saturated heterocycles. The van der Waals surface area contributed by atoms with Gasteiger partial charge in [0, 0.05) is 18.4 Å². The number of benzene rings is 1. The second-order valence-electron chi connectivity index (χ2n) is 6.52. The van der Waals surface area contributed by atoms with Crippen LogP contribution in [0.5, 0.6) is 0 Å². The predicted octanol–water partition coefficient (Wildman–Crippen LogP) is 5.24. The van der Waals surface area contributed by atoms with Crippen molar-refractivity contribution in [3.63, 3.8) is 0 Å². The Morgan fingerprint density at radius 2 is 1.64 bits per heavy atom. The van der Waals surface area contributed by atoms with Crippen molar-refractivity contribution in [1.82, 2.24) is 0 Å². The highest BCUT2D eigenvalue weighted by Gasteiger charge is 2.39. The molecule has 2 rings (SSSR count). The van der Waals surface area contributed by atoms with E-state index >= 15 is 0 Å². The first-order valence-electron chi connectivity index (χ1n) is 8.81. The fraction of sp³-hybridized carbons (Fsp3) is 0.600. The van der Waals surface area contributed by atoms with Crippen molar-refractivity contribution < 1.29 is 9.59 Å². The molecule has 1 aromatic rings. The van der Waals surface area contributed by atoms with Crippen molar-refractivity contribution in [2.24, 2.45) is 0 Å². The predicted molar refractivity (Wildman–Crippen MR) is 90.4 cm³/mol. The first-order valence-corrected chi connectivity index (χ1v) is 8.81. The highest BCUT2D eigenvalue weighted by molar-refractivity contribution is 5.96. The SMILES string of the molecule is CCCCC(=O)C1(c2ccc(C(=O)CC)cc2)CCCCC1. The maximum atomic E-state index is 12.9. The van der Waals surface area contributed by atoms with E-state index in [0.717, 1.165) is 49.7 Å². The number of unbranched alkanes of at least 4 members (excludes halogenated alkanes) is 1. The number of carbonyl (C=O) groups is 2. The Kier molecular flexibility index (Phi) is 5.93. The van der Waals surface area contributed by atoms with Crippen LogP contribution in [0.3, 0.4) is 0 Å². The summed E-state index contributed by atoms with van der Waals surface area (Å²) in [4.78, 5) is 24.7. The number of hydrogen-bond donors (Lipinski definition) is 0. The highest BCUT2D eigenvalue weighted by Crippen LogP contribution is 2.41.